The predicted molar refractivity (Wildman–Crippen MR) is 145 cm³/mol. The molecule has 2 aromatic carbocycles. The third kappa shape index (κ3) is 4.14. The number of hydrogen-bond acceptors (Lipinski definition) is 7. The number of fused-ring (bicyclic) bond motifs is 3. The minimum absolute atomic E-state index is 0.0176. The molecule has 11 heteroatoms. The zero-order chi connectivity index (χ0) is 25.7. The second-order valence-corrected chi connectivity index (χ2v) is 12.5. The van der Waals surface area contributed by atoms with Crippen molar-refractivity contribution in [3.63, 3.8) is 0 Å². The summed E-state index contributed by atoms with van der Waals surface area (Å²) < 4.78 is 36.4. The number of nitriles is 1. The van der Waals surface area contributed by atoms with Crippen LogP contribution < -0.4 is 4.74 Å². The first-order valence-electron chi connectivity index (χ1n) is 11.7. The Bertz CT molecular complexity index is 1770. The molecule has 0 aliphatic heterocycles. The molecule has 1 unspecified atom stereocenters. The van der Waals surface area contributed by atoms with Crippen LogP contribution in [0, 0.1) is 18.3 Å². The van der Waals surface area contributed by atoms with Gasteiger partial charge < -0.3 is 4.74 Å². The SMILES string of the molecule is Cc1ccc(S(=O)(=O)n2ccc3c2ncc2nnc(C4C[C@H](Oc5ccc(C#N)cc5)C[C@H]4I)n23)cc1. The Morgan fingerprint density at radius 3 is 2.54 bits per heavy atom. The predicted octanol–water partition coefficient (Wildman–Crippen LogP) is 4.62. The Morgan fingerprint density at radius 1 is 1.05 bits per heavy atom. The van der Waals surface area contributed by atoms with E-state index in [1.807, 2.05) is 23.5 Å². The average Bonchev–Trinajstić information content (AvgIpc) is 3.61. The number of benzene rings is 2. The van der Waals surface area contributed by atoms with Gasteiger partial charge in [-0.3, -0.25) is 4.40 Å². The lowest BCUT2D eigenvalue weighted by atomic mass is 10.1. The fraction of sp³-hybridized carbons (Fsp3) is 0.231. The lowest BCUT2D eigenvalue weighted by molar-refractivity contribution is 0.208. The number of aryl methyl sites for hydroxylation is 1. The second-order valence-electron chi connectivity index (χ2n) is 9.12. The third-order valence-electron chi connectivity index (χ3n) is 6.70. The highest BCUT2D eigenvalue weighted by atomic mass is 127. The molecule has 0 radical (unpaired) electrons. The molecule has 5 aromatic rings. The number of nitrogens with zero attached hydrogens (tertiary/aromatic N) is 6. The molecule has 1 saturated carbocycles. The lowest BCUT2D eigenvalue weighted by Gasteiger charge is -2.14. The number of hydrogen-bond donors (Lipinski definition) is 0. The molecule has 0 amide bonds. The molecule has 0 saturated heterocycles. The van der Waals surface area contributed by atoms with E-state index in [4.69, 9.17) is 10.00 Å². The highest BCUT2D eigenvalue weighted by molar-refractivity contribution is 14.1. The molecule has 1 aliphatic carbocycles. The monoisotopic (exact) mass is 624 g/mol. The number of aromatic nitrogens is 5. The van der Waals surface area contributed by atoms with Crippen molar-refractivity contribution in [1.29, 1.82) is 5.26 Å². The van der Waals surface area contributed by atoms with Gasteiger partial charge in [-0.05, 0) is 62.2 Å². The quantitative estimate of drug-likeness (QED) is 0.207. The molecule has 0 N–H and O–H groups in total. The smallest absolute Gasteiger partial charge is 0.269 e. The Morgan fingerprint density at radius 2 is 1.81 bits per heavy atom. The van der Waals surface area contributed by atoms with Crippen LogP contribution in [0.5, 0.6) is 5.75 Å². The fourth-order valence-electron chi connectivity index (χ4n) is 4.82. The molecular weight excluding hydrogens is 603 g/mol. The van der Waals surface area contributed by atoms with E-state index in [1.165, 1.54) is 10.2 Å². The summed E-state index contributed by atoms with van der Waals surface area (Å²) >= 11 is 2.43. The van der Waals surface area contributed by atoms with E-state index >= 15 is 0 Å². The first kappa shape index (κ1) is 23.9. The van der Waals surface area contributed by atoms with E-state index in [2.05, 4.69) is 43.8 Å². The van der Waals surface area contributed by atoms with E-state index in [9.17, 15) is 8.42 Å². The van der Waals surface area contributed by atoms with E-state index in [0.717, 1.165) is 30.0 Å². The molecule has 186 valence electrons. The number of ether oxygens (including phenoxy) is 1. The zero-order valence-corrected chi connectivity index (χ0v) is 22.7. The van der Waals surface area contributed by atoms with Gasteiger partial charge in [0.05, 0.1) is 28.2 Å². The molecule has 3 atom stereocenters. The summed E-state index contributed by atoms with van der Waals surface area (Å²) in [6.45, 7) is 1.91. The maximum Gasteiger partial charge on any atom is 0.269 e. The molecule has 37 heavy (non-hydrogen) atoms. The highest BCUT2D eigenvalue weighted by Crippen LogP contribution is 2.41. The fourth-order valence-corrected chi connectivity index (χ4v) is 7.30. The van der Waals surface area contributed by atoms with Crippen LogP contribution in [0.15, 0.2) is 71.9 Å². The topological polar surface area (TPSA) is 115 Å². The number of halogens is 1. The minimum Gasteiger partial charge on any atom is -0.490 e. The molecule has 6 rings (SSSR count). The van der Waals surface area contributed by atoms with Gasteiger partial charge in [-0.1, -0.05) is 40.3 Å². The Balaban J connectivity index is 1.35. The summed E-state index contributed by atoms with van der Waals surface area (Å²) in [5, 5.41) is 17.8. The molecule has 3 aromatic heterocycles. The maximum absolute atomic E-state index is 13.4. The van der Waals surface area contributed by atoms with E-state index in [-0.39, 0.29) is 20.8 Å². The minimum atomic E-state index is -3.82. The van der Waals surface area contributed by atoms with Gasteiger partial charge in [-0.2, -0.15) is 5.26 Å². The summed E-state index contributed by atoms with van der Waals surface area (Å²) in [5.41, 5.74) is 3.09. The molecule has 9 nitrogen and oxygen atoms in total. The van der Waals surface area contributed by atoms with E-state index in [1.54, 1.807) is 48.7 Å². The Kier molecular flexibility index (Phi) is 5.88. The maximum atomic E-state index is 13.4. The van der Waals surface area contributed by atoms with Crippen molar-refractivity contribution in [3.8, 4) is 11.8 Å². The van der Waals surface area contributed by atoms with Crippen LogP contribution in [-0.2, 0) is 10.0 Å². The van der Waals surface area contributed by atoms with Gasteiger partial charge in [0.25, 0.3) is 10.0 Å². The van der Waals surface area contributed by atoms with Crippen molar-refractivity contribution in [1.82, 2.24) is 23.6 Å². The van der Waals surface area contributed by atoms with E-state index < -0.39 is 10.0 Å². The average molecular weight is 624 g/mol. The molecule has 1 fully saturated rings. The van der Waals surface area contributed by atoms with Crippen molar-refractivity contribution >= 4 is 49.4 Å². The normalized spacial score (nSPS) is 19.9. The lowest BCUT2D eigenvalue weighted by Crippen LogP contribution is -2.13. The van der Waals surface area contributed by atoms with Crippen molar-refractivity contribution in [2.45, 2.75) is 40.6 Å². The van der Waals surface area contributed by atoms with Crippen LogP contribution in [0.4, 0.5) is 0 Å². The van der Waals surface area contributed by atoms with Crippen LogP contribution >= 0.6 is 22.6 Å². The van der Waals surface area contributed by atoms with E-state index in [0.29, 0.717) is 22.4 Å². The molecule has 3 heterocycles. The van der Waals surface area contributed by atoms with Gasteiger partial charge in [-0.15, -0.1) is 10.2 Å². The Hall–Kier alpha value is -3.50. The number of alkyl halides is 1. The van der Waals surface area contributed by atoms with Gasteiger partial charge in [-0.25, -0.2) is 17.4 Å². The zero-order valence-electron chi connectivity index (χ0n) is 19.7. The van der Waals surface area contributed by atoms with Gasteiger partial charge in [0.15, 0.2) is 11.3 Å². The highest BCUT2D eigenvalue weighted by Gasteiger charge is 2.38. The third-order valence-corrected chi connectivity index (χ3v) is 9.76. The summed E-state index contributed by atoms with van der Waals surface area (Å²) in [7, 11) is -3.82. The largest absolute Gasteiger partial charge is 0.490 e. The van der Waals surface area contributed by atoms with Gasteiger partial charge >= 0.3 is 0 Å². The molecule has 1 aliphatic rings. The van der Waals surface area contributed by atoms with Crippen molar-refractivity contribution in [2.75, 3.05) is 0 Å². The molecule has 0 bridgehead atoms. The van der Waals surface area contributed by atoms with Gasteiger partial charge in [0.2, 0.25) is 0 Å². The van der Waals surface area contributed by atoms with Crippen LogP contribution in [0.2, 0.25) is 0 Å². The Labute approximate surface area is 226 Å². The number of rotatable bonds is 5. The van der Waals surface area contributed by atoms with Gasteiger partial charge in [0.1, 0.15) is 17.7 Å². The standard InChI is InChI=1S/C26H21IN6O3S/c1-16-2-8-20(9-3-16)37(34,35)32-11-10-23-26(32)29-15-24-30-31-25(33(23)24)21-12-19(13-22(21)27)36-18-6-4-17(14-28)5-7-18/h2-11,15,19,21-22H,12-13H2,1H3/t19-,21?,22+/m0/s1. The summed E-state index contributed by atoms with van der Waals surface area (Å²) in [4.78, 5) is 4.63. The first-order chi connectivity index (χ1) is 17.8. The van der Waals surface area contributed by atoms with Crippen LogP contribution in [0.25, 0.3) is 16.8 Å². The van der Waals surface area contributed by atoms with Crippen molar-refractivity contribution in [2.24, 2.45) is 0 Å². The summed E-state index contributed by atoms with van der Waals surface area (Å²) in [5.74, 6) is 1.55. The van der Waals surface area contributed by atoms with Crippen molar-refractivity contribution < 1.29 is 13.2 Å². The van der Waals surface area contributed by atoms with Crippen LogP contribution in [-0.4, -0.2) is 42.0 Å². The van der Waals surface area contributed by atoms with Crippen molar-refractivity contribution in [3.05, 3.63) is 83.9 Å². The second kappa shape index (κ2) is 9.11. The molecule has 0 spiro atoms. The molecular formula is C26H21IN6O3S. The van der Waals surface area contributed by atoms with Crippen LogP contribution in [0.1, 0.15) is 35.7 Å². The summed E-state index contributed by atoms with van der Waals surface area (Å²) in [6.07, 6.45) is 4.64. The summed E-state index contributed by atoms with van der Waals surface area (Å²) in [6, 6.07) is 17.7. The van der Waals surface area contributed by atoms with Gasteiger partial charge in [0, 0.05) is 16.0 Å². The first-order valence-corrected chi connectivity index (χ1v) is 14.4. The van der Waals surface area contributed by atoms with Crippen LogP contribution in [0.3, 0.4) is 0 Å².